The van der Waals surface area contributed by atoms with Gasteiger partial charge in [0.25, 0.3) is 0 Å². The third-order valence-electron chi connectivity index (χ3n) is 1.92. The van der Waals surface area contributed by atoms with Crippen LogP contribution in [0.2, 0.25) is 0 Å². The zero-order chi connectivity index (χ0) is 9.47. The van der Waals surface area contributed by atoms with Gasteiger partial charge in [0, 0.05) is 14.7 Å². The van der Waals surface area contributed by atoms with Crippen LogP contribution in [0.15, 0.2) is 28.3 Å². The third-order valence-corrected chi connectivity index (χ3v) is 3.84. The van der Waals surface area contributed by atoms with Gasteiger partial charge in [-0.1, -0.05) is 6.58 Å². The molecule has 3 N–H and O–H groups in total. The van der Waals surface area contributed by atoms with E-state index < -0.39 is 0 Å². The minimum Gasteiger partial charge on any atom is -0.348 e. The van der Waals surface area contributed by atoms with E-state index in [0.717, 1.165) is 10.3 Å². The van der Waals surface area contributed by atoms with Gasteiger partial charge in [0.05, 0.1) is 0 Å². The highest BCUT2D eigenvalue weighted by molar-refractivity contribution is 9.10. The first-order chi connectivity index (χ1) is 6.10. The van der Waals surface area contributed by atoms with Crippen LogP contribution in [0.1, 0.15) is 11.8 Å². The fourth-order valence-electron chi connectivity index (χ4n) is 1.26. The van der Waals surface area contributed by atoms with Crippen molar-refractivity contribution < 1.29 is 0 Å². The van der Waals surface area contributed by atoms with Crippen molar-refractivity contribution in [2.75, 3.05) is 0 Å². The number of nitrogens with one attached hydrogen (secondary N) is 3. The maximum absolute atomic E-state index is 3.79. The van der Waals surface area contributed by atoms with Gasteiger partial charge < -0.3 is 10.7 Å². The van der Waals surface area contributed by atoms with Crippen molar-refractivity contribution in [2.45, 2.75) is 12.6 Å². The Labute approximate surface area is 89.3 Å². The van der Waals surface area contributed by atoms with Crippen LogP contribution in [-0.4, -0.2) is 0 Å². The second kappa shape index (κ2) is 3.01. The lowest BCUT2D eigenvalue weighted by Crippen LogP contribution is -2.43. The summed E-state index contributed by atoms with van der Waals surface area (Å²) in [5, 5.41) is 5.29. The molecular formula is C8H10BrN3S. The van der Waals surface area contributed by atoms with E-state index in [2.05, 4.69) is 57.0 Å². The zero-order valence-electron chi connectivity index (χ0n) is 7.15. The maximum Gasteiger partial charge on any atom is 0.139 e. The van der Waals surface area contributed by atoms with Crippen LogP contribution in [0, 0.1) is 0 Å². The molecule has 3 nitrogen and oxygen atoms in total. The Bertz CT molecular complexity index is 349. The van der Waals surface area contributed by atoms with E-state index >= 15 is 0 Å². The highest BCUT2D eigenvalue weighted by atomic mass is 79.9. The minimum absolute atomic E-state index is 0.242. The first-order valence-corrected chi connectivity index (χ1v) is 5.52. The van der Waals surface area contributed by atoms with E-state index in [0.29, 0.717) is 0 Å². The van der Waals surface area contributed by atoms with E-state index in [1.165, 1.54) is 4.88 Å². The van der Waals surface area contributed by atoms with Crippen LogP contribution in [0.4, 0.5) is 0 Å². The summed E-state index contributed by atoms with van der Waals surface area (Å²) < 4.78 is 1.11. The van der Waals surface area contributed by atoms with Gasteiger partial charge in [-0.15, -0.1) is 11.3 Å². The number of hydrogen-bond acceptors (Lipinski definition) is 4. The normalized spacial score (nSPS) is 27.1. The second-order valence-corrected chi connectivity index (χ2v) is 4.93. The molecule has 1 aliphatic rings. The molecule has 1 aliphatic heterocycles. The third kappa shape index (κ3) is 1.59. The quantitative estimate of drug-likeness (QED) is 0.721. The summed E-state index contributed by atoms with van der Waals surface area (Å²) in [4.78, 5) is 1.21. The van der Waals surface area contributed by atoms with Gasteiger partial charge in [0.15, 0.2) is 0 Å². The molecule has 1 aromatic rings. The van der Waals surface area contributed by atoms with Crippen molar-refractivity contribution in [3.05, 3.63) is 33.2 Å². The Morgan fingerprint density at radius 1 is 1.62 bits per heavy atom. The van der Waals surface area contributed by atoms with Crippen LogP contribution in [-0.2, 0) is 5.66 Å². The summed E-state index contributed by atoms with van der Waals surface area (Å²) in [6.45, 7) is 5.86. The van der Waals surface area contributed by atoms with Crippen LogP contribution >= 0.6 is 27.3 Å². The topological polar surface area (TPSA) is 36.1 Å². The molecule has 0 saturated carbocycles. The van der Waals surface area contributed by atoms with Crippen molar-refractivity contribution in [2.24, 2.45) is 0 Å². The Balaban J connectivity index is 2.30. The lowest BCUT2D eigenvalue weighted by Gasteiger charge is -2.21. The summed E-state index contributed by atoms with van der Waals surface area (Å²) in [6, 6.07) is 2.09. The summed E-state index contributed by atoms with van der Waals surface area (Å²) in [6.07, 6.45) is 0. The van der Waals surface area contributed by atoms with Gasteiger partial charge in [-0.05, 0) is 28.9 Å². The molecule has 1 unspecified atom stereocenters. The molecule has 0 aromatic carbocycles. The average Bonchev–Trinajstić information content (AvgIpc) is 2.60. The van der Waals surface area contributed by atoms with Crippen LogP contribution in [0.3, 0.4) is 0 Å². The van der Waals surface area contributed by atoms with Crippen LogP contribution in [0.5, 0.6) is 0 Å². The van der Waals surface area contributed by atoms with E-state index in [1.54, 1.807) is 11.3 Å². The standard InChI is InChI=1S/C8H10BrN3S/c1-5-10-8(2,12-11-5)7-3-6(9)4-13-7/h3-4,10-12H,1H2,2H3. The summed E-state index contributed by atoms with van der Waals surface area (Å²) in [5.74, 6) is 0.798. The summed E-state index contributed by atoms with van der Waals surface area (Å²) >= 11 is 5.13. The predicted octanol–water partition coefficient (Wildman–Crippen LogP) is 1.85. The summed E-state index contributed by atoms with van der Waals surface area (Å²) in [7, 11) is 0. The Hall–Kier alpha value is -0.520. The predicted molar refractivity (Wildman–Crippen MR) is 57.9 cm³/mol. The fourth-order valence-corrected chi connectivity index (χ4v) is 2.76. The van der Waals surface area contributed by atoms with Gasteiger partial charge >= 0.3 is 0 Å². The molecule has 1 saturated heterocycles. The van der Waals surface area contributed by atoms with Crippen molar-refractivity contribution in [3.8, 4) is 0 Å². The lowest BCUT2D eigenvalue weighted by atomic mass is 10.2. The molecule has 0 bridgehead atoms. The molecule has 0 aliphatic carbocycles. The summed E-state index contributed by atoms with van der Waals surface area (Å²) in [5.41, 5.74) is 5.85. The molecule has 0 amide bonds. The number of thiophene rings is 1. The molecular weight excluding hydrogens is 250 g/mol. The lowest BCUT2D eigenvalue weighted by molar-refractivity contribution is 0.378. The van der Waals surface area contributed by atoms with E-state index in [-0.39, 0.29) is 5.66 Å². The average molecular weight is 260 g/mol. The Morgan fingerprint density at radius 2 is 2.38 bits per heavy atom. The van der Waals surface area contributed by atoms with Crippen molar-refractivity contribution in [3.63, 3.8) is 0 Å². The Morgan fingerprint density at radius 3 is 2.85 bits per heavy atom. The molecule has 0 radical (unpaired) electrons. The molecule has 0 spiro atoms. The van der Waals surface area contributed by atoms with Gasteiger partial charge in [-0.25, -0.2) is 5.43 Å². The fraction of sp³-hybridized carbons (Fsp3) is 0.250. The van der Waals surface area contributed by atoms with E-state index in [9.17, 15) is 0 Å². The Kier molecular flexibility index (Phi) is 2.09. The molecule has 2 heterocycles. The SMILES string of the molecule is C=C1NNC(C)(c2cc(Br)cs2)N1. The van der Waals surface area contributed by atoms with Gasteiger partial charge in [-0.3, -0.25) is 0 Å². The van der Waals surface area contributed by atoms with Gasteiger partial charge in [0.1, 0.15) is 11.5 Å². The number of halogens is 1. The monoisotopic (exact) mass is 259 g/mol. The molecule has 1 atom stereocenters. The molecule has 5 heteroatoms. The smallest absolute Gasteiger partial charge is 0.139 e. The second-order valence-electron chi connectivity index (χ2n) is 3.11. The van der Waals surface area contributed by atoms with Gasteiger partial charge in [-0.2, -0.15) is 0 Å². The number of rotatable bonds is 1. The highest BCUT2D eigenvalue weighted by Gasteiger charge is 2.32. The molecule has 70 valence electrons. The van der Waals surface area contributed by atoms with Crippen molar-refractivity contribution in [1.82, 2.24) is 16.2 Å². The van der Waals surface area contributed by atoms with Gasteiger partial charge in [0.2, 0.25) is 0 Å². The first-order valence-electron chi connectivity index (χ1n) is 3.85. The number of hydrogen-bond donors (Lipinski definition) is 3. The molecule has 13 heavy (non-hydrogen) atoms. The van der Waals surface area contributed by atoms with Crippen LogP contribution in [0.25, 0.3) is 0 Å². The number of hydrazine groups is 1. The van der Waals surface area contributed by atoms with Crippen LogP contribution < -0.4 is 16.2 Å². The van der Waals surface area contributed by atoms with E-state index in [1.807, 2.05) is 0 Å². The molecule has 1 fully saturated rings. The van der Waals surface area contributed by atoms with E-state index in [4.69, 9.17) is 0 Å². The highest BCUT2D eigenvalue weighted by Crippen LogP contribution is 2.29. The largest absolute Gasteiger partial charge is 0.348 e. The molecule has 1 aromatic heterocycles. The van der Waals surface area contributed by atoms with Crippen molar-refractivity contribution >= 4 is 27.3 Å². The minimum atomic E-state index is -0.242. The zero-order valence-corrected chi connectivity index (χ0v) is 9.55. The van der Waals surface area contributed by atoms with Crippen molar-refractivity contribution in [1.29, 1.82) is 0 Å². The maximum atomic E-state index is 3.79. The first kappa shape index (κ1) is 9.05. The molecule has 2 rings (SSSR count).